The number of amides is 1. The summed E-state index contributed by atoms with van der Waals surface area (Å²) in [5.74, 6) is -0.822. The van der Waals surface area contributed by atoms with Crippen LogP contribution in [0.25, 0.3) is 0 Å². The van der Waals surface area contributed by atoms with E-state index in [0.717, 1.165) is 12.2 Å². The van der Waals surface area contributed by atoms with E-state index in [-0.39, 0.29) is 5.91 Å². The van der Waals surface area contributed by atoms with E-state index in [1.54, 1.807) is 16.7 Å². The van der Waals surface area contributed by atoms with Gasteiger partial charge in [0.05, 0.1) is 0 Å². The van der Waals surface area contributed by atoms with E-state index < -0.39 is 11.9 Å². The van der Waals surface area contributed by atoms with Crippen LogP contribution >= 0.6 is 11.8 Å². The van der Waals surface area contributed by atoms with Gasteiger partial charge in [-0.05, 0) is 31.4 Å². The highest BCUT2D eigenvalue weighted by molar-refractivity contribution is 7.99. The van der Waals surface area contributed by atoms with E-state index in [9.17, 15) is 9.59 Å². The average Bonchev–Trinajstić information content (AvgIpc) is 2.93. The maximum Gasteiger partial charge on any atom is 0.315 e. The van der Waals surface area contributed by atoms with E-state index in [1.165, 1.54) is 11.8 Å². The molecule has 0 radical (unpaired) electrons. The molecule has 0 spiro atoms. The lowest BCUT2D eigenvalue weighted by atomic mass is 10.1. The van der Waals surface area contributed by atoms with E-state index >= 15 is 0 Å². The molecular weight excluding hydrogens is 274 g/mol. The molecule has 5 heteroatoms. The molecule has 1 amide bonds. The minimum absolute atomic E-state index is 0.260. The SMILES string of the molecule is CC(C(=O)O)C(=O)N1CCC(CSc2ccccc2)C1. The van der Waals surface area contributed by atoms with Crippen molar-refractivity contribution < 1.29 is 14.7 Å². The number of hydrogen-bond donors (Lipinski definition) is 1. The Bertz CT molecular complexity index is 477. The summed E-state index contributed by atoms with van der Waals surface area (Å²) in [6.45, 7) is 2.81. The second kappa shape index (κ2) is 6.79. The molecule has 20 heavy (non-hydrogen) atoms. The number of carbonyl (C=O) groups excluding carboxylic acids is 1. The van der Waals surface area contributed by atoms with Crippen molar-refractivity contribution in [1.82, 2.24) is 4.90 Å². The second-order valence-electron chi connectivity index (χ2n) is 5.12. The highest BCUT2D eigenvalue weighted by Crippen LogP contribution is 2.26. The lowest BCUT2D eigenvalue weighted by Gasteiger charge is -2.18. The van der Waals surface area contributed by atoms with Crippen LogP contribution in [0.2, 0.25) is 0 Å². The first kappa shape index (κ1) is 14.9. The molecule has 2 unspecified atom stereocenters. The third-order valence-corrected chi connectivity index (χ3v) is 4.81. The quantitative estimate of drug-likeness (QED) is 0.669. The lowest BCUT2D eigenvalue weighted by Crippen LogP contribution is -2.36. The molecule has 2 rings (SSSR count). The molecule has 4 nitrogen and oxygen atoms in total. The first-order chi connectivity index (χ1) is 9.58. The number of carbonyl (C=O) groups is 2. The van der Waals surface area contributed by atoms with Gasteiger partial charge in [0.25, 0.3) is 0 Å². The predicted molar refractivity (Wildman–Crippen MR) is 78.7 cm³/mol. The van der Waals surface area contributed by atoms with Gasteiger partial charge in [0.2, 0.25) is 5.91 Å². The molecule has 2 atom stereocenters. The van der Waals surface area contributed by atoms with Crippen molar-refractivity contribution in [1.29, 1.82) is 0 Å². The Kier molecular flexibility index (Phi) is 5.06. The molecule has 108 valence electrons. The number of thioether (sulfide) groups is 1. The number of carboxylic acids is 1. The van der Waals surface area contributed by atoms with Crippen LogP contribution in [-0.2, 0) is 9.59 Å². The van der Waals surface area contributed by atoms with E-state index in [2.05, 4.69) is 12.1 Å². The lowest BCUT2D eigenvalue weighted by molar-refractivity contribution is -0.149. The summed E-state index contributed by atoms with van der Waals surface area (Å²) in [6, 6.07) is 10.2. The first-order valence-corrected chi connectivity index (χ1v) is 7.76. The molecule has 1 saturated heterocycles. The zero-order valence-electron chi connectivity index (χ0n) is 11.5. The molecule has 1 heterocycles. The van der Waals surface area contributed by atoms with Crippen LogP contribution in [0.3, 0.4) is 0 Å². The normalized spacial score (nSPS) is 19.9. The van der Waals surface area contributed by atoms with Gasteiger partial charge in [-0.2, -0.15) is 0 Å². The van der Waals surface area contributed by atoms with Crippen molar-refractivity contribution in [3.05, 3.63) is 30.3 Å². The van der Waals surface area contributed by atoms with Crippen molar-refractivity contribution >= 4 is 23.6 Å². The first-order valence-electron chi connectivity index (χ1n) is 6.77. The van der Waals surface area contributed by atoms with Crippen LogP contribution in [0.1, 0.15) is 13.3 Å². The molecule has 0 saturated carbocycles. The van der Waals surface area contributed by atoms with Crippen molar-refractivity contribution in [3.63, 3.8) is 0 Å². The fraction of sp³-hybridized carbons (Fsp3) is 0.467. The molecule has 1 fully saturated rings. The van der Waals surface area contributed by atoms with Gasteiger partial charge >= 0.3 is 5.97 Å². The van der Waals surface area contributed by atoms with Gasteiger partial charge in [-0.1, -0.05) is 18.2 Å². The van der Waals surface area contributed by atoms with E-state index in [1.807, 2.05) is 18.2 Å². The third kappa shape index (κ3) is 3.76. The molecule has 1 aliphatic rings. The number of rotatable bonds is 5. The summed E-state index contributed by atoms with van der Waals surface area (Å²) in [5, 5.41) is 8.88. The minimum atomic E-state index is -1.04. The standard InChI is InChI=1S/C15H19NO3S/c1-11(15(18)19)14(17)16-8-7-12(9-16)10-20-13-5-3-2-4-6-13/h2-6,11-12H,7-10H2,1H3,(H,18,19). The van der Waals surface area contributed by atoms with Gasteiger partial charge < -0.3 is 10.0 Å². The van der Waals surface area contributed by atoms with Crippen LogP contribution in [0, 0.1) is 11.8 Å². The monoisotopic (exact) mass is 293 g/mol. The van der Waals surface area contributed by atoms with Gasteiger partial charge in [0.1, 0.15) is 5.92 Å². The zero-order chi connectivity index (χ0) is 14.5. The Labute approximate surface area is 123 Å². The Balaban J connectivity index is 1.81. The summed E-state index contributed by atoms with van der Waals surface area (Å²) < 4.78 is 0. The Morgan fingerprint density at radius 2 is 2.10 bits per heavy atom. The number of nitrogens with zero attached hydrogens (tertiary/aromatic N) is 1. The third-order valence-electron chi connectivity index (χ3n) is 3.57. The smallest absolute Gasteiger partial charge is 0.315 e. The molecule has 0 aromatic heterocycles. The van der Waals surface area contributed by atoms with E-state index in [4.69, 9.17) is 5.11 Å². The number of benzene rings is 1. The van der Waals surface area contributed by atoms with Gasteiger partial charge in [-0.25, -0.2) is 0 Å². The summed E-state index contributed by atoms with van der Waals surface area (Å²) in [4.78, 5) is 25.7. The maximum atomic E-state index is 11.9. The molecule has 1 aromatic rings. The molecule has 0 aliphatic carbocycles. The van der Waals surface area contributed by atoms with Crippen molar-refractivity contribution in [2.24, 2.45) is 11.8 Å². The Hall–Kier alpha value is -1.49. The Morgan fingerprint density at radius 3 is 2.75 bits per heavy atom. The summed E-state index contributed by atoms with van der Waals surface area (Å²) >= 11 is 1.79. The number of aliphatic carboxylic acids is 1. The number of carboxylic acid groups (broad SMARTS) is 1. The average molecular weight is 293 g/mol. The number of hydrogen-bond acceptors (Lipinski definition) is 3. The summed E-state index contributed by atoms with van der Waals surface area (Å²) in [5.41, 5.74) is 0. The molecule has 1 aliphatic heterocycles. The van der Waals surface area contributed by atoms with Crippen molar-refractivity contribution in [3.8, 4) is 0 Å². The van der Waals surface area contributed by atoms with Gasteiger partial charge in [-0.15, -0.1) is 11.8 Å². The topological polar surface area (TPSA) is 57.6 Å². The van der Waals surface area contributed by atoms with Crippen molar-refractivity contribution in [2.75, 3.05) is 18.8 Å². The molecule has 1 N–H and O–H groups in total. The molecular formula is C15H19NO3S. The fourth-order valence-corrected chi connectivity index (χ4v) is 3.33. The van der Waals surface area contributed by atoms with Gasteiger partial charge in [0.15, 0.2) is 0 Å². The minimum Gasteiger partial charge on any atom is -0.481 e. The second-order valence-corrected chi connectivity index (χ2v) is 6.22. The van der Waals surface area contributed by atoms with Crippen LogP contribution in [0.4, 0.5) is 0 Å². The van der Waals surface area contributed by atoms with Gasteiger partial charge in [-0.3, -0.25) is 9.59 Å². The van der Waals surface area contributed by atoms with Crippen LogP contribution < -0.4 is 0 Å². The Morgan fingerprint density at radius 1 is 1.40 bits per heavy atom. The van der Waals surface area contributed by atoms with Gasteiger partial charge in [0, 0.05) is 23.7 Å². The predicted octanol–water partition coefficient (Wildman–Crippen LogP) is 2.35. The highest BCUT2D eigenvalue weighted by atomic mass is 32.2. The molecule has 1 aromatic carbocycles. The number of likely N-dealkylation sites (tertiary alicyclic amines) is 1. The van der Waals surface area contributed by atoms with Crippen LogP contribution in [0.15, 0.2) is 35.2 Å². The largest absolute Gasteiger partial charge is 0.481 e. The summed E-state index contributed by atoms with van der Waals surface area (Å²) in [6.07, 6.45) is 0.956. The zero-order valence-corrected chi connectivity index (χ0v) is 12.3. The van der Waals surface area contributed by atoms with Crippen molar-refractivity contribution in [2.45, 2.75) is 18.2 Å². The maximum absolute atomic E-state index is 11.9. The van der Waals surface area contributed by atoms with Crippen LogP contribution in [0.5, 0.6) is 0 Å². The molecule has 0 bridgehead atoms. The fourth-order valence-electron chi connectivity index (χ4n) is 2.28. The van der Waals surface area contributed by atoms with Crippen LogP contribution in [-0.4, -0.2) is 40.7 Å². The van der Waals surface area contributed by atoms with E-state index in [0.29, 0.717) is 19.0 Å². The highest BCUT2D eigenvalue weighted by Gasteiger charge is 2.31. The summed E-state index contributed by atoms with van der Waals surface area (Å²) in [7, 11) is 0.